The Labute approximate surface area is 119 Å². The Morgan fingerprint density at radius 2 is 1.95 bits per heavy atom. The molecule has 3 atom stereocenters. The van der Waals surface area contributed by atoms with Gasteiger partial charge in [0.1, 0.15) is 12.2 Å². The van der Waals surface area contributed by atoms with Crippen LogP contribution in [0.3, 0.4) is 0 Å². The first-order chi connectivity index (χ1) is 9.52. The van der Waals surface area contributed by atoms with E-state index in [0.29, 0.717) is 13.1 Å². The fraction of sp³-hybridized carbons (Fsp3) is 0.600. The van der Waals surface area contributed by atoms with Gasteiger partial charge in [0.25, 0.3) is 0 Å². The molecule has 0 saturated carbocycles. The molecule has 5 heteroatoms. The number of ether oxygens (including phenoxy) is 2. The molecule has 1 aromatic rings. The van der Waals surface area contributed by atoms with E-state index in [1.807, 2.05) is 30.3 Å². The Morgan fingerprint density at radius 1 is 1.25 bits per heavy atom. The first-order valence-corrected chi connectivity index (χ1v) is 6.91. The van der Waals surface area contributed by atoms with Crippen LogP contribution in [0.2, 0.25) is 0 Å². The van der Waals surface area contributed by atoms with Gasteiger partial charge in [-0.1, -0.05) is 30.3 Å². The van der Waals surface area contributed by atoms with Crippen LogP contribution in [0, 0.1) is 0 Å². The second kappa shape index (κ2) is 6.65. The van der Waals surface area contributed by atoms with Crippen molar-refractivity contribution in [1.82, 2.24) is 5.32 Å². The standard InChI is InChI=1S/C15H23NO4/c1-15(2)19-13(10-17)14(20-15)12(18)9-16-8-11-6-4-3-5-7-11/h3-7,12-14,16-18H,8-10H2,1-2H3/t12-,13-,14+/m1/s1. The van der Waals surface area contributed by atoms with E-state index in [-0.39, 0.29) is 6.61 Å². The molecule has 1 saturated heterocycles. The highest BCUT2D eigenvalue weighted by molar-refractivity contribution is 5.14. The lowest BCUT2D eigenvalue weighted by molar-refractivity contribution is -0.156. The summed E-state index contributed by atoms with van der Waals surface area (Å²) in [7, 11) is 0. The van der Waals surface area contributed by atoms with Crippen molar-refractivity contribution in [1.29, 1.82) is 0 Å². The van der Waals surface area contributed by atoms with Crippen LogP contribution in [0.25, 0.3) is 0 Å². The predicted octanol–water partition coefficient (Wildman–Crippen LogP) is 0.649. The molecule has 0 aliphatic carbocycles. The van der Waals surface area contributed by atoms with Crippen LogP contribution in [0.5, 0.6) is 0 Å². The van der Waals surface area contributed by atoms with Crippen molar-refractivity contribution in [3.8, 4) is 0 Å². The zero-order valence-electron chi connectivity index (χ0n) is 12.0. The molecule has 0 aromatic heterocycles. The SMILES string of the molecule is CC1(C)O[C@@H]([C@H](O)CNCc2ccccc2)[C@@H](CO)O1. The summed E-state index contributed by atoms with van der Waals surface area (Å²) in [4.78, 5) is 0. The molecular formula is C15H23NO4. The van der Waals surface area contributed by atoms with E-state index in [4.69, 9.17) is 9.47 Å². The number of hydrogen-bond acceptors (Lipinski definition) is 5. The summed E-state index contributed by atoms with van der Waals surface area (Å²) < 4.78 is 11.2. The van der Waals surface area contributed by atoms with Gasteiger partial charge in [-0.15, -0.1) is 0 Å². The van der Waals surface area contributed by atoms with Gasteiger partial charge in [0.2, 0.25) is 0 Å². The first-order valence-electron chi connectivity index (χ1n) is 6.91. The average molecular weight is 281 g/mol. The van der Waals surface area contributed by atoms with E-state index in [9.17, 15) is 10.2 Å². The Kier molecular flexibility index (Phi) is 5.12. The van der Waals surface area contributed by atoms with Crippen LogP contribution in [-0.4, -0.2) is 47.5 Å². The minimum atomic E-state index is -0.765. The van der Waals surface area contributed by atoms with E-state index in [0.717, 1.165) is 5.56 Å². The van der Waals surface area contributed by atoms with Gasteiger partial charge >= 0.3 is 0 Å². The van der Waals surface area contributed by atoms with Crippen LogP contribution in [0.4, 0.5) is 0 Å². The van der Waals surface area contributed by atoms with E-state index >= 15 is 0 Å². The fourth-order valence-electron chi connectivity index (χ4n) is 2.41. The Bertz CT molecular complexity index is 410. The highest BCUT2D eigenvalue weighted by atomic mass is 16.8. The lowest BCUT2D eigenvalue weighted by Gasteiger charge is -2.22. The third-order valence-corrected chi connectivity index (χ3v) is 3.31. The van der Waals surface area contributed by atoms with Crippen molar-refractivity contribution in [3.63, 3.8) is 0 Å². The summed E-state index contributed by atoms with van der Waals surface area (Å²) in [5.74, 6) is -0.765. The van der Waals surface area contributed by atoms with E-state index in [2.05, 4.69) is 5.32 Å². The Morgan fingerprint density at radius 3 is 2.60 bits per heavy atom. The Hall–Kier alpha value is -0.980. The molecule has 0 bridgehead atoms. The van der Waals surface area contributed by atoms with Gasteiger partial charge in [-0.3, -0.25) is 0 Å². The topological polar surface area (TPSA) is 71.0 Å². The minimum Gasteiger partial charge on any atom is -0.394 e. The van der Waals surface area contributed by atoms with Crippen LogP contribution >= 0.6 is 0 Å². The lowest BCUT2D eigenvalue weighted by Crippen LogP contribution is -2.43. The second-order valence-electron chi connectivity index (χ2n) is 5.51. The van der Waals surface area contributed by atoms with Crippen molar-refractivity contribution < 1.29 is 19.7 Å². The average Bonchev–Trinajstić information content (AvgIpc) is 2.75. The predicted molar refractivity (Wildman–Crippen MR) is 75.1 cm³/mol. The van der Waals surface area contributed by atoms with E-state index in [1.54, 1.807) is 13.8 Å². The van der Waals surface area contributed by atoms with Crippen molar-refractivity contribution in [2.24, 2.45) is 0 Å². The van der Waals surface area contributed by atoms with Gasteiger partial charge in [-0.05, 0) is 19.4 Å². The molecule has 0 radical (unpaired) electrons. The monoisotopic (exact) mass is 281 g/mol. The second-order valence-corrected chi connectivity index (χ2v) is 5.51. The third kappa shape index (κ3) is 4.01. The number of benzene rings is 1. The summed E-state index contributed by atoms with van der Waals surface area (Å²) >= 11 is 0. The fourth-order valence-corrected chi connectivity index (χ4v) is 2.41. The molecule has 0 spiro atoms. The maximum atomic E-state index is 10.2. The van der Waals surface area contributed by atoms with Crippen LogP contribution in [-0.2, 0) is 16.0 Å². The molecule has 3 N–H and O–H groups in total. The molecule has 0 unspecified atom stereocenters. The summed E-state index contributed by atoms with van der Waals surface area (Å²) in [6.45, 7) is 4.46. The number of rotatable bonds is 6. The highest BCUT2D eigenvalue weighted by Crippen LogP contribution is 2.29. The van der Waals surface area contributed by atoms with Gasteiger partial charge in [0.15, 0.2) is 5.79 Å². The molecular weight excluding hydrogens is 258 g/mol. The number of aliphatic hydroxyl groups excluding tert-OH is 2. The Balaban J connectivity index is 1.81. The molecule has 20 heavy (non-hydrogen) atoms. The largest absolute Gasteiger partial charge is 0.394 e. The molecule has 112 valence electrons. The van der Waals surface area contributed by atoms with Crippen LogP contribution in [0.15, 0.2) is 30.3 Å². The highest BCUT2D eigenvalue weighted by Gasteiger charge is 2.44. The molecule has 1 aromatic carbocycles. The van der Waals surface area contributed by atoms with Gasteiger partial charge in [0.05, 0.1) is 12.7 Å². The smallest absolute Gasteiger partial charge is 0.164 e. The molecule has 1 fully saturated rings. The first kappa shape index (κ1) is 15.4. The number of nitrogens with one attached hydrogen (secondary N) is 1. The zero-order valence-corrected chi connectivity index (χ0v) is 12.0. The number of aliphatic hydroxyl groups is 2. The summed E-state index contributed by atoms with van der Waals surface area (Å²) in [6.07, 6.45) is -1.73. The van der Waals surface area contributed by atoms with Gasteiger partial charge in [-0.25, -0.2) is 0 Å². The van der Waals surface area contributed by atoms with Crippen molar-refractivity contribution in [3.05, 3.63) is 35.9 Å². The van der Waals surface area contributed by atoms with Gasteiger partial charge < -0.3 is 25.0 Å². The summed E-state index contributed by atoms with van der Waals surface area (Å²) in [6, 6.07) is 9.97. The van der Waals surface area contributed by atoms with Crippen molar-refractivity contribution >= 4 is 0 Å². The van der Waals surface area contributed by atoms with Crippen molar-refractivity contribution in [2.75, 3.05) is 13.2 Å². The molecule has 1 heterocycles. The normalized spacial score (nSPS) is 26.6. The van der Waals surface area contributed by atoms with Crippen molar-refractivity contribution in [2.45, 2.75) is 44.5 Å². The summed E-state index contributed by atoms with van der Waals surface area (Å²) in [5, 5.41) is 22.6. The van der Waals surface area contributed by atoms with E-state index in [1.165, 1.54) is 0 Å². The van der Waals surface area contributed by atoms with Gasteiger partial charge in [0, 0.05) is 13.1 Å². The third-order valence-electron chi connectivity index (χ3n) is 3.31. The van der Waals surface area contributed by atoms with Gasteiger partial charge in [-0.2, -0.15) is 0 Å². The van der Waals surface area contributed by atoms with E-state index < -0.39 is 24.1 Å². The zero-order chi connectivity index (χ0) is 14.6. The molecule has 1 aliphatic rings. The van der Waals surface area contributed by atoms with Crippen LogP contribution in [0.1, 0.15) is 19.4 Å². The summed E-state index contributed by atoms with van der Waals surface area (Å²) in [5.41, 5.74) is 1.15. The minimum absolute atomic E-state index is 0.163. The molecule has 0 amide bonds. The van der Waals surface area contributed by atoms with Crippen LogP contribution < -0.4 is 5.32 Å². The lowest BCUT2D eigenvalue weighted by atomic mass is 10.1. The molecule has 5 nitrogen and oxygen atoms in total. The quantitative estimate of drug-likeness (QED) is 0.714. The maximum absolute atomic E-state index is 10.2. The molecule has 2 rings (SSSR count). The molecule has 1 aliphatic heterocycles. The number of hydrogen-bond donors (Lipinski definition) is 3. The maximum Gasteiger partial charge on any atom is 0.164 e.